The first kappa shape index (κ1) is 22.3. The average molecular weight is 464 g/mol. The number of fused-ring (bicyclic) bond motifs is 2. The summed E-state index contributed by atoms with van der Waals surface area (Å²) in [5.74, 6) is 1.09. The number of nitriles is 1. The molecule has 2 aliphatic rings. The molecule has 8 nitrogen and oxygen atoms in total. The minimum absolute atomic E-state index is 0.263. The molecule has 0 bridgehead atoms. The van der Waals surface area contributed by atoms with E-state index in [9.17, 15) is 14.4 Å². The van der Waals surface area contributed by atoms with Crippen LogP contribution in [0.4, 0.5) is 4.39 Å². The van der Waals surface area contributed by atoms with Crippen LogP contribution in [0.15, 0.2) is 35.3 Å². The highest BCUT2D eigenvalue weighted by Crippen LogP contribution is 2.29. The number of halogens is 1. The molecule has 34 heavy (non-hydrogen) atoms. The van der Waals surface area contributed by atoms with Crippen molar-refractivity contribution in [1.29, 1.82) is 5.26 Å². The predicted molar refractivity (Wildman–Crippen MR) is 124 cm³/mol. The lowest BCUT2D eigenvalue weighted by Gasteiger charge is -2.32. The molecule has 0 aliphatic carbocycles. The second-order valence-electron chi connectivity index (χ2n) is 8.71. The van der Waals surface area contributed by atoms with Crippen LogP contribution in [0.5, 0.6) is 11.5 Å². The van der Waals surface area contributed by atoms with Crippen molar-refractivity contribution >= 4 is 10.9 Å². The van der Waals surface area contributed by atoms with Gasteiger partial charge < -0.3 is 24.7 Å². The summed E-state index contributed by atoms with van der Waals surface area (Å²) in [4.78, 5) is 21.0. The van der Waals surface area contributed by atoms with E-state index >= 15 is 0 Å². The van der Waals surface area contributed by atoms with E-state index in [0.717, 1.165) is 43.9 Å². The van der Waals surface area contributed by atoms with E-state index in [1.165, 1.54) is 12.1 Å². The van der Waals surface area contributed by atoms with Gasteiger partial charge in [0.1, 0.15) is 25.1 Å². The van der Waals surface area contributed by atoms with Crippen LogP contribution in [0.3, 0.4) is 0 Å². The van der Waals surface area contributed by atoms with Gasteiger partial charge in [0, 0.05) is 36.7 Å². The van der Waals surface area contributed by atoms with E-state index < -0.39 is 5.56 Å². The van der Waals surface area contributed by atoms with Gasteiger partial charge in [-0.15, -0.1) is 0 Å². The molecular weight excluding hydrogens is 437 g/mol. The zero-order chi connectivity index (χ0) is 23.5. The fraction of sp³-hybridized carbons (Fsp3) is 0.400. The third kappa shape index (κ3) is 4.88. The lowest BCUT2D eigenvalue weighted by atomic mass is 10.0. The van der Waals surface area contributed by atoms with Gasteiger partial charge in [0.25, 0.3) is 0 Å². The van der Waals surface area contributed by atoms with Crippen LogP contribution in [0.1, 0.15) is 29.7 Å². The third-order valence-corrected chi connectivity index (χ3v) is 6.47. The summed E-state index contributed by atoms with van der Waals surface area (Å²) in [6, 6.07) is 8.62. The molecule has 1 saturated heterocycles. The number of likely N-dealkylation sites (tertiary alicyclic amines) is 1. The first-order chi connectivity index (χ1) is 16.6. The smallest absolute Gasteiger partial charge is 0.249 e. The minimum Gasteiger partial charge on any atom is -0.486 e. The van der Waals surface area contributed by atoms with Crippen molar-refractivity contribution in [2.75, 3.05) is 32.8 Å². The van der Waals surface area contributed by atoms with Gasteiger partial charge >= 0.3 is 0 Å². The van der Waals surface area contributed by atoms with E-state index in [4.69, 9.17) is 9.47 Å². The zero-order valence-corrected chi connectivity index (χ0v) is 18.8. The molecule has 3 aromatic rings. The highest BCUT2D eigenvalue weighted by molar-refractivity contribution is 5.85. The van der Waals surface area contributed by atoms with Gasteiger partial charge in [-0.2, -0.15) is 5.26 Å². The maximum absolute atomic E-state index is 14.6. The molecule has 2 aliphatic heterocycles. The summed E-state index contributed by atoms with van der Waals surface area (Å²) in [5, 5.41) is 13.5. The number of hydrogen-bond acceptors (Lipinski definition) is 7. The molecule has 0 spiro atoms. The average Bonchev–Trinajstić information content (AvgIpc) is 2.86. The summed E-state index contributed by atoms with van der Waals surface area (Å²) in [5.41, 5.74) is 1.69. The van der Waals surface area contributed by atoms with Crippen molar-refractivity contribution in [1.82, 2.24) is 20.2 Å². The number of nitrogens with one attached hydrogen (secondary N) is 2. The number of rotatable bonds is 6. The molecule has 0 amide bonds. The van der Waals surface area contributed by atoms with Gasteiger partial charge in [-0.25, -0.2) is 4.39 Å². The van der Waals surface area contributed by atoms with Crippen LogP contribution in [-0.4, -0.2) is 53.8 Å². The molecule has 1 fully saturated rings. The Labute approximate surface area is 196 Å². The topological polar surface area (TPSA) is 103 Å². The van der Waals surface area contributed by atoms with Crippen molar-refractivity contribution in [2.24, 2.45) is 0 Å². The predicted octanol–water partition coefficient (Wildman–Crippen LogP) is 2.50. The summed E-state index contributed by atoms with van der Waals surface area (Å²) >= 11 is 0. The van der Waals surface area contributed by atoms with Gasteiger partial charge in [-0.3, -0.25) is 9.78 Å². The highest BCUT2D eigenvalue weighted by atomic mass is 19.1. The van der Waals surface area contributed by atoms with Gasteiger partial charge in [0.05, 0.1) is 23.0 Å². The molecule has 176 valence electrons. The third-order valence-electron chi connectivity index (χ3n) is 6.47. The molecule has 0 saturated carbocycles. The standard InChI is InChI=1S/C25H26FN5O3/c26-21-12-22-20(17(13-27)10-25(32)30-22)9-16(21)1-4-31-5-2-18(3-6-31)28-14-19-11-23-24(15-29-19)34-8-7-33-23/h9-12,15,18,28H,1-8,14H2,(H,30,32). The van der Waals surface area contributed by atoms with Crippen molar-refractivity contribution in [2.45, 2.75) is 31.8 Å². The van der Waals surface area contributed by atoms with Gasteiger partial charge in [-0.1, -0.05) is 0 Å². The largest absolute Gasteiger partial charge is 0.486 e. The zero-order valence-electron chi connectivity index (χ0n) is 18.8. The number of aromatic amines is 1. The van der Waals surface area contributed by atoms with E-state index in [1.807, 2.05) is 12.1 Å². The Morgan fingerprint density at radius 2 is 1.97 bits per heavy atom. The van der Waals surface area contributed by atoms with Crippen molar-refractivity contribution in [3.05, 3.63) is 63.5 Å². The Morgan fingerprint density at radius 3 is 2.76 bits per heavy atom. The maximum atomic E-state index is 14.6. The molecule has 0 radical (unpaired) electrons. The number of pyridine rings is 2. The number of aromatic nitrogens is 2. The lowest BCUT2D eigenvalue weighted by Crippen LogP contribution is -2.43. The van der Waals surface area contributed by atoms with Gasteiger partial charge in [0.2, 0.25) is 5.56 Å². The number of hydrogen-bond donors (Lipinski definition) is 2. The number of nitrogens with zero attached hydrogens (tertiary/aromatic N) is 3. The Hall–Kier alpha value is -3.48. The molecule has 4 heterocycles. The molecule has 9 heteroatoms. The van der Waals surface area contributed by atoms with Crippen LogP contribution in [-0.2, 0) is 13.0 Å². The molecule has 2 aromatic heterocycles. The second-order valence-corrected chi connectivity index (χ2v) is 8.71. The number of piperidine rings is 1. The number of benzene rings is 1. The molecule has 5 rings (SSSR count). The molecular formula is C25H26FN5O3. The summed E-state index contributed by atoms with van der Waals surface area (Å²) in [6.07, 6.45) is 4.28. The van der Waals surface area contributed by atoms with Crippen molar-refractivity contribution in [3.8, 4) is 17.6 Å². The normalized spacial score (nSPS) is 16.5. The van der Waals surface area contributed by atoms with Crippen LogP contribution in [0.2, 0.25) is 0 Å². The van der Waals surface area contributed by atoms with Crippen LogP contribution < -0.4 is 20.3 Å². The van der Waals surface area contributed by atoms with Crippen LogP contribution in [0, 0.1) is 17.1 Å². The van der Waals surface area contributed by atoms with E-state index in [-0.39, 0.29) is 11.4 Å². The van der Waals surface area contributed by atoms with Crippen LogP contribution >= 0.6 is 0 Å². The van der Waals surface area contributed by atoms with E-state index in [1.54, 1.807) is 12.3 Å². The fourth-order valence-electron chi connectivity index (χ4n) is 4.58. The summed E-state index contributed by atoms with van der Waals surface area (Å²) in [6.45, 7) is 4.39. The quantitative estimate of drug-likeness (QED) is 0.579. The van der Waals surface area contributed by atoms with Gasteiger partial charge in [0.15, 0.2) is 11.5 Å². The van der Waals surface area contributed by atoms with Crippen LogP contribution in [0.25, 0.3) is 10.9 Å². The molecule has 2 N–H and O–H groups in total. The number of ether oxygens (including phenoxy) is 2. The summed E-state index contributed by atoms with van der Waals surface area (Å²) in [7, 11) is 0. The van der Waals surface area contributed by atoms with Crippen molar-refractivity contribution < 1.29 is 13.9 Å². The SMILES string of the molecule is N#Cc1cc(=O)[nH]c2cc(F)c(CCN3CCC(NCc4cc5c(cn4)OCCO5)CC3)cc12. The first-order valence-corrected chi connectivity index (χ1v) is 11.5. The second kappa shape index (κ2) is 9.79. The Bertz CT molecular complexity index is 1290. The monoisotopic (exact) mass is 463 g/mol. The number of H-pyrrole nitrogens is 1. The Kier molecular flexibility index (Phi) is 6.43. The van der Waals surface area contributed by atoms with Crippen molar-refractivity contribution in [3.63, 3.8) is 0 Å². The Morgan fingerprint density at radius 1 is 1.18 bits per heavy atom. The Balaban J connectivity index is 1.13. The van der Waals surface area contributed by atoms with E-state index in [2.05, 4.69) is 20.2 Å². The fourth-order valence-corrected chi connectivity index (χ4v) is 4.58. The molecule has 0 atom stereocenters. The first-order valence-electron chi connectivity index (χ1n) is 11.5. The summed E-state index contributed by atoms with van der Waals surface area (Å²) < 4.78 is 25.8. The minimum atomic E-state index is -0.405. The highest BCUT2D eigenvalue weighted by Gasteiger charge is 2.20. The van der Waals surface area contributed by atoms with E-state index in [0.29, 0.717) is 54.4 Å². The molecule has 1 aromatic carbocycles. The lowest BCUT2D eigenvalue weighted by molar-refractivity contribution is 0.170. The maximum Gasteiger partial charge on any atom is 0.249 e. The molecule has 0 unspecified atom stereocenters. The van der Waals surface area contributed by atoms with Gasteiger partial charge in [-0.05, 0) is 50.0 Å².